The predicted octanol–water partition coefficient (Wildman–Crippen LogP) is 3.17. The first-order valence-electron chi connectivity index (χ1n) is 12.9. The third kappa shape index (κ3) is 4.50. The summed E-state index contributed by atoms with van der Waals surface area (Å²) in [6.45, 7) is 3.91. The molecule has 6 heterocycles. The van der Waals surface area contributed by atoms with Crippen molar-refractivity contribution in [3.8, 4) is 0 Å². The Bertz CT molecular complexity index is 1050. The minimum absolute atomic E-state index is 0.261. The summed E-state index contributed by atoms with van der Waals surface area (Å²) in [6, 6.07) is 8.85. The van der Waals surface area contributed by atoms with Crippen LogP contribution in [0.4, 0.5) is 0 Å². The first kappa shape index (κ1) is 25.6. The van der Waals surface area contributed by atoms with Crippen LogP contribution >= 0.6 is 15.9 Å². The number of halogens is 1. The van der Waals surface area contributed by atoms with Gasteiger partial charge in [0, 0.05) is 25.7 Å². The van der Waals surface area contributed by atoms with Gasteiger partial charge in [-0.3, -0.25) is 0 Å². The maximum atomic E-state index is 12.7. The van der Waals surface area contributed by atoms with Gasteiger partial charge in [0.2, 0.25) is 5.79 Å². The van der Waals surface area contributed by atoms with E-state index in [9.17, 15) is 14.7 Å². The van der Waals surface area contributed by atoms with Crippen molar-refractivity contribution in [3.05, 3.63) is 47.0 Å². The molecule has 1 N–H and O–H groups in total. The molecule has 7 rings (SSSR count). The van der Waals surface area contributed by atoms with E-state index in [0.717, 1.165) is 10.8 Å². The molecular formula is C27H31BrO9. The summed E-state index contributed by atoms with van der Waals surface area (Å²) in [4.78, 5) is 23.7. The monoisotopic (exact) mass is 578 g/mol. The van der Waals surface area contributed by atoms with Crippen molar-refractivity contribution in [2.45, 2.75) is 105 Å². The number of aliphatic hydroxyl groups is 1. The minimum atomic E-state index is -1.40. The Balaban J connectivity index is 1.16. The Kier molecular flexibility index (Phi) is 6.80. The van der Waals surface area contributed by atoms with Crippen molar-refractivity contribution in [2.24, 2.45) is 0 Å². The van der Waals surface area contributed by atoms with Gasteiger partial charge < -0.3 is 38.3 Å². The molecule has 1 aromatic carbocycles. The summed E-state index contributed by atoms with van der Waals surface area (Å²) in [5, 5.41) is 11.5. The zero-order chi connectivity index (χ0) is 25.8. The van der Waals surface area contributed by atoms with E-state index >= 15 is 0 Å². The van der Waals surface area contributed by atoms with Crippen LogP contribution in [0.25, 0.3) is 0 Å². The van der Waals surface area contributed by atoms with Crippen molar-refractivity contribution in [3.63, 3.8) is 0 Å². The van der Waals surface area contributed by atoms with Crippen molar-refractivity contribution in [2.75, 3.05) is 0 Å². The lowest BCUT2D eigenvalue weighted by molar-refractivity contribution is -0.465. The number of benzene rings is 1. The third-order valence-corrected chi connectivity index (χ3v) is 8.40. The number of rotatable bonds is 9. The highest BCUT2D eigenvalue weighted by molar-refractivity contribution is 9.11. The molecule has 10 atom stereocenters. The molecule has 6 saturated heterocycles. The largest absolute Gasteiger partial charge is 0.458 e. The standard InChI is InChI=1S/C27H31BrO9/c1-15(28)13-18(33-25(31)16-5-3-2-4-6-16)9-11-26-14-20-22(36-26)24-27(35-20,37-26)23(30)21-19(34-24)8-7-17(32-21)10-12-29/h2-6,12,17-24,30H,1,7-11,13-14H2/t17?,18-,19+,20-,21+,22+,23+,24+,26+,27?/m1/s1. The van der Waals surface area contributed by atoms with Gasteiger partial charge >= 0.3 is 5.97 Å². The van der Waals surface area contributed by atoms with E-state index in [2.05, 4.69) is 22.5 Å². The fraction of sp³-hybridized carbons (Fsp3) is 0.630. The topological polar surface area (TPSA) is 110 Å². The van der Waals surface area contributed by atoms with Gasteiger partial charge in [-0.05, 0) is 35.9 Å². The molecule has 6 fully saturated rings. The first-order chi connectivity index (χ1) is 17.8. The van der Waals surface area contributed by atoms with E-state index in [-0.39, 0.29) is 30.8 Å². The average molecular weight is 579 g/mol. The van der Waals surface area contributed by atoms with Gasteiger partial charge in [-0.1, -0.05) is 40.7 Å². The molecule has 6 aliphatic rings. The fourth-order valence-corrected chi connectivity index (χ4v) is 6.81. The Morgan fingerprint density at radius 2 is 2.00 bits per heavy atom. The minimum Gasteiger partial charge on any atom is -0.458 e. The second kappa shape index (κ2) is 9.82. The summed E-state index contributed by atoms with van der Waals surface area (Å²) in [5.74, 6) is -2.80. The van der Waals surface area contributed by atoms with E-state index in [0.29, 0.717) is 44.1 Å². The molecule has 0 saturated carbocycles. The molecule has 1 aromatic rings. The molecule has 9 nitrogen and oxygen atoms in total. The molecule has 0 aliphatic carbocycles. The van der Waals surface area contributed by atoms with E-state index in [1.54, 1.807) is 24.3 Å². The highest BCUT2D eigenvalue weighted by Gasteiger charge is 2.77. The molecule has 4 bridgehead atoms. The SMILES string of the molecule is C=C(Br)C[C@@H](CC[C@@]12C[C@H]3OC4(O1)[C@@H](O)[C@H]1OC(CC=O)CC[C@@H]1O[C@H]4[C@H]3O2)OC(=O)c1ccccc1. The van der Waals surface area contributed by atoms with Crippen LogP contribution in [0.3, 0.4) is 0 Å². The molecule has 200 valence electrons. The average Bonchev–Trinajstić information content (AvgIpc) is 3.27. The number of ether oxygens (including phenoxy) is 6. The summed E-state index contributed by atoms with van der Waals surface area (Å²) >= 11 is 3.39. The van der Waals surface area contributed by atoms with E-state index in [1.807, 2.05) is 6.07 Å². The van der Waals surface area contributed by atoms with Crippen LogP contribution < -0.4 is 0 Å². The molecule has 1 spiro atoms. The van der Waals surface area contributed by atoms with Crippen LogP contribution in [0.2, 0.25) is 0 Å². The summed E-state index contributed by atoms with van der Waals surface area (Å²) in [5.41, 5.74) is 0.478. The fourth-order valence-electron chi connectivity index (χ4n) is 6.45. The molecule has 6 aliphatic heterocycles. The van der Waals surface area contributed by atoms with Gasteiger partial charge in [0.25, 0.3) is 0 Å². The molecule has 0 amide bonds. The molecule has 37 heavy (non-hydrogen) atoms. The zero-order valence-corrected chi connectivity index (χ0v) is 21.9. The number of hydrogen-bond acceptors (Lipinski definition) is 9. The van der Waals surface area contributed by atoms with Crippen molar-refractivity contribution < 1.29 is 43.1 Å². The lowest BCUT2D eigenvalue weighted by Gasteiger charge is -2.56. The number of carbonyl (C=O) groups is 2. The molecular weight excluding hydrogens is 548 g/mol. The quantitative estimate of drug-likeness (QED) is 0.349. The number of fused-ring (bicyclic) bond motifs is 1. The van der Waals surface area contributed by atoms with E-state index in [1.165, 1.54) is 0 Å². The zero-order valence-electron chi connectivity index (χ0n) is 20.3. The second-order valence-corrected chi connectivity index (χ2v) is 11.7. The molecule has 2 unspecified atom stereocenters. The second-order valence-electron chi connectivity index (χ2n) is 10.6. The lowest BCUT2D eigenvalue weighted by Crippen LogP contribution is -2.73. The van der Waals surface area contributed by atoms with Gasteiger partial charge in [-0.2, -0.15) is 0 Å². The van der Waals surface area contributed by atoms with Gasteiger partial charge in [0.05, 0.1) is 23.9 Å². The lowest BCUT2D eigenvalue weighted by atomic mass is 9.85. The van der Waals surface area contributed by atoms with Crippen LogP contribution in [-0.2, 0) is 33.2 Å². The van der Waals surface area contributed by atoms with Gasteiger partial charge in [-0.25, -0.2) is 4.79 Å². The van der Waals surface area contributed by atoms with Gasteiger partial charge in [0.15, 0.2) is 5.79 Å². The highest BCUT2D eigenvalue weighted by atomic mass is 79.9. The molecule has 10 heteroatoms. The summed E-state index contributed by atoms with van der Waals surface area (Å²) < 4.78 is 38.1. The summed E-state index contributed by atoms with van der Waals surface area (Å²) in [7, 11) is 0. The van der Waals surface area contributed by atoms with E-state index < -0.39 is 42.0 Å². The van der Waals surface area contributed by atoms with Crippen molar-refractivity contribution in [1.29, 1.82) is 0 Å². The van der Waals surface area contributed by atoms with Gasteiger partial charge in [-0.15, -0.1) is 0 Å². The Morgan fingerprint density at radius 3 is 2.76 bits per heavy atom. The predicted molar refractivity (Wildman–Crippen MR) is 132 cm³/mol. The van der Waals surface area contributed by atoms with Crippen LogP contribution in [0.15, 0.2) is 41.4 Å². The van der Waals surface area contributed by atoms with Crippen molar-refractivity contribution in [1.82, 2.24) is 0 Å². The maximum absolute atomic E-state index is 12.7. The highest BCUT2D eigenvalue weighted by Crippen LogP contribution is 2.60. The number of aldehydes is 1. The number of carbonyl (C=O) groups excluding carboxylic acids is 2. The van der Waals surface area contributed by atoms with Crippen LogP contribution in [0, 0.1) is 0 Å². The Labute approximate surface area is 223 Å². The Morgan fingerprint density at radius 1 is 1.19 bits per heavy atom. The summed E-state index contributed by atoms with van der Waals surface area (Å²) in [6.07, 6.45) is 0.321. The smallest absolute Gasteiger partial charge is 0.338 e. The van der Waals surface area contributed by atoms with E-state index in [4.69, 9.17) is 28.4 Å². The molecule has 0 aromatic heterocycles. The number of hydrogen-bond donors (Lipinski definition) is 1. The van der Waals surface area contributed by atoms with Gasteiger partial charge in [0.1, 0.15) is 36.8 Å². The number of esters is 1. The third-order valence-electron chi connectivity index (χ3n) is 8.08. The van der Waals surface area contributed by atoms with Crippen LogP contribution in [0.5, 0.6) is 0 Å². The molecule has 0 radical (unpaired) electrons. The van der Waals surface area contributed by atoms with Crippen LogP contribution in [-0.4, -0.2) is 77.8 Å². The maximum Gasteiger partial charge on any atom is 0.338 e. The first-order valence-corrected chi connectivity index (χ1v) is 13.7. The van der Waals surface area contributed by atoms with Crippen LogP contribution in [0.1, 0.15) is 55.3 Å². The number of aliphatic hydroxyl groups excluding tert-OH is 1. The normalized spacial score (nSPS) is 42.1. The Hall–Kier alpha value is -1.66. The van der Waals surface area contributed by atoms with Crippen molar-refractivity contribution >= 4 is 28.2 Å².